The molecule has 0 rings (SSSR count). The van der Waals surface area contributed by atoms with E-state index >= 15 is 0 Å². The fourth-order valence-corrected chi connectivity index (χ4v) is 1.25. The normalized spacial score (nSPS) is 12.3. The molecule has 0 aromatic carbocycles. The van der Waals surface area contributed by atoms with Crippen LogP contribution in [0.1, 0.15) is 40.5 Å². The van der Waals surface area contributed by atoms with E-state index in [2.05, 4.69) is 31.0 Å². The van der Waals surface area contributed by atoms with E-state index in [9.17, 15) is 0 Å². The van der Waals surface area contributed by atoms with Crippen LogP contribution in [0, 0.1) is 0 Å². The molecule has 0 aromatic rings. The molecule has 0 heterocycles. The van der Waals surface area contributed by atoms with E-state index in [1.54, 1.807) is 0 Å². The first-order valence-corrected chi connectivity index (χ1v) is 6.57. The second-order valence-corrected chi connectivity index (χ2v) is 3.41. The summed E-state index contributed by atoms with van der Waals surface area (Å²) in [4.78, 5) is 0. The standard InChI is InChI=1S/C14H23N.C2H6/c1-5-8-9-13(6-2)12-14(7-3)10-11-15-4;1-2/h5-6,8-9,12,15H,2,7,10-11H2,1,3-4H3;1-2H3/b8-5-,13-9+,14-12-;. The number of nitrogens with one attached hydrogen (secondary N) is 1. The van der Waals surface area contributed by atoms with Crippen molar-refractivity contribution in [1.82, 2.24) is 5.32 Å². The Kier molecular flexibility index (Phi) is 16.1. The maximum atomic E-state index is 3.82. The summed E-state index contributed by atoms with van der Waals surface area (Å²) in [6.07, 6.45) is 12.5. The monoisotopic (exact) mass is 235 g/mol. The van der Waals surface area contributed by atoms with Gasteiger partial charge < -0.3 is 5.32 Å². The van der Waals surface area contributed by atoms with Crippen molar-refractivity contribution in [2.75, 3.05) is 13.6 Å². The van der Waals surface area contributed by atoms with Gasteiger partial charge in [0, 0.05) is 0 Å². The molecule has 0 fully saturated rings. The van der Waals surface area contributed by atoms with Crippen molar-refractivity contribution in [3.05, 3.63) is 48.1 Å². The maximum Gasteiger partial charge on any atom is -0.00145 e. The third kappa shape index (κ3) is 11.2. The van der Waals surface area contributed by atoms with Crippen LogP contribution < -0.4 is 5.32 Å². The molecule has 98 valence electrons. The first kappa shape index (κ1) is 18.3. The molecule has 1 nitrogen and oxygen atoms in total. The Balaban J connectivity index is 0. The van der Waals surface area contributed by atoms with E-state index in [1.165, 1.54) is 11.1 Å². The molecule has 0 aliphatic rings. The maximum absolute atomic E-state index is 3.82. The summed E-state index contributed by atoms with van der Waals surface area (Å²) in [6, 6.07) is 0. The van der Waals surface area contributed by atoms with E-state index in [1.807, 2.05) is 46.0 Å². The lowest BCUT2D eigenvalue weighted by atomic mass is 10.1. The molecule has 0 unspecified atom stereocenters. The summed E-state index contributed by atoms with van der Waals surface area (Å²) in [5.41, 5.74) is 2.64. The van der Waals surface area contributed by atoms with Gasteiger partial charge in [0.2, 0.25) is 0 Å². The Labute approximate surface area is 108 Å². The third-order valence-corrected chi connectivity index (χ3v) is 2.24. The predicted molar refractivity (Wildman–Crippen MR) is 81.4 cm³/mol. The highest BCUT2D eigenvalue weighted by atomic mass is 14.8. The van der Waals surface area contributed by atoms with Crippen molar-refractivity contribution in [1.29, 1.82) is 0 Å². The smallest absolute Gasteiger partial charge is 0.00145 e. The molecule has 0 aromatic heterocycles. The molecule has 0 saturated heterocycles. The van der Waals surface area contributed by atoms with Crippen molar-refractivity contribution in [3.63, 3.8) is 0 Å². The zero-order chi connectivity index (χ0) is 13.5. The summed E-state index contributed by atoms with van der Waals surface area (Å²) in [6.45, 7) is 13.1. The molecule has 0 spiro atoms. The van der Waals surface area contributed by atoms with Gasteiger partial charge in [-0.3, -0.25) is 0 Å². The van der Waals surface area contributed by atoms with Crippen LogP contribution in [-0.2, 0) is 0 Å². The zero-order valence-corrected chi connectivity index (χ0v) is 12.2. The summed E-state index contributed by atoms with van der Waals surface area (Å²) in [5, 5.41) is 3.17. The Morgan fingerprint density at radius 2 is 1.94 bits per heavy atom. The predicted octanol–water partition coefficient (Wildman–Crippen LogP) is 4.65. The van der Waals surface area contributed by atoms with Crippen molar-refractivity contribution >= 4 is 0 Å². The molecular formula is C16H29N. The Bertz CT molecular complexity index is 257. The van der Waals surface area contributed by atoms with Crippen molar-refractivity contribution in [2.45, 2.75) is 40.5 Å². The van der Waals surface area contributed by atoms with Crippen LogP contribution in [0.3, 0.4) is 0 Å². The van der Waals surface area contributed by atoms with Crippen molar-refractivity contribution in [2.24, 2.45) is 0 Å². The van der Waals surface area contributed by atoms with E-state index < -0.39 is 0 Å². The minimum absolute atomic E-state index is 1.04. The second kappa shape index (κ2) is 14.9. The van der Waals surface area contributed by atoms with E-state index in [-0.39, 0.29) is 0 Å². The van der Waals surface area contributed by atoms with Crippen LogP contribution in [-0.4, -0.2) is 13.6 Å². The van der Waals surface area contributed by atoms with E-state index in [0.717, 1.165) is 19.4 Å². The first-order chi connectivity index (χ1) is 8.28. The summed E-state index contributed by atoms with van der Waals surface area (Å²) >= 11 is 0. The van der Waals surface area contributed by atoms with Crippen LogP contribution in [0.25, 0.3) is 0 Å². The van der Waals surface area contributed by atoms with Gasteiger partial charge in [0.05, 0.1) is 0 Å². The highest BCUT2D eigenvalue weighted by molar-refractivity contribution is 5.35. The molecule has 1 heteroatoms. The molecule has 0 amide bonds. The quantitative estimate of drug-likeness (QED) is 0.633. The van der Waals surface area contributed by atoms with Crippen LogP contribution in [0.5, 0.6) is 0 Å². The van der Waals surface area contributed by atoms with Gasteiger partial charge in [0.25, 0.3) is 0 Å². The fraction of sp³-hybridized carbons (Fsp3) is 0.500. The lowest BCUT2D eigenvalue weighted by Gasteiger charge is -2.04. The van der Waals surface area contributed by atoms with Crippen molar-refractivity contribution in [3.8, 4) is 0 Å². The molecule has 0 saturated carbocycles. The summed E-state index contributed by atoms with van der Waals surface area (Å²) < 4.78 is 0. The summed E-state index contributed by atoms with van der Waals surface area (Å²) in [7, 11) is 1.98. The van der Waals surface area contributed by atoms with E-state index in [0.29, 0.717) is 0 Å². The van der Waals surface area contributed by atoms with Crippen LogP contribution in [0.15, 0.2) is 48.1 Å². The van der Waals surface area contributed by atoms with Gasteiger partial charge in [-0.2, -0.15) is 0 Å². The average molecular weight is 235 g/mol. The van der Waals surface area contributed by atoms with Crippen molar-refractivity contribution < 1.29 is 0 Å². The van der Waals surface area contributed by atoms with Gasteiger partial charge in [-0.1, -0.05) is 63.3 Å². The van der Waals surface area contributed by atoms with E-state index in [4.69, 9.17) is 0 Å². The lowest BCUT2D eigenvalue weighted by Crippen LogP contribution is -2.08. The first-order valence-electron chi connectivity index (χ1n) is 6.57. The van der Waals surface area contributed by atoms with Gasteiger partial charge in [0.1, 0.15) is 0 Å². The van der Waals surface area contributed by atoms with Gasteiger partial charge in [-0.25, -0.2) is 0 Å². The number of hydrogen-bond acceptors (Lipinski definition) is 1. The highest BCUT2D eigenvalue weighted by Gasteiger charge is 1.94. The molecular weight excluding hydrogens is 206 g/mol. The molecule has 0 bridgehead atoms. The molecule has 0 radical (unpaired) electrons. The van der Waals surface area contributed by atoms with Crippen LogP contribution >= 0.6 is 0 Å². The zero-order valence-electron chi connectivity index (χ0n) is 12.2. The van der Waals surface area contributed by atoms with Gasteiger partial charge in [-0.15, -0.1) is 0 Å². The molecule has 0 aliphatic heterocycles. The lowest BCUT2D eigenvalue weighted by molar-refractivity contribution is 0.767. The highest BCUT2D eigenvalue weighted by Crippen LogP contribution is 2.11. The van der Waals surface area contributed by atoms with Crippen LogP contribution in [0.4, 0.5) is 0 Å². The average Bonchev–Trinajstić information content (AvgIpc) is 2.40. The minimum atomic E-state index is 1.04. The molecule has 0 aliphatic carbocycles. The second-order valence-electron chi connectivity index (χ2n) is 3.41. The molecule has 17 heavy (non-hydrogen) atoms. The van der Waals surface area contributed by atoms with Gasteiger partial charge >= 0.3 is 0 Å². The molecule has 0 atom stereocenters. The van der Waals surface area contributed by atoms with Crippen LogP contribution in [0.2, 0.25) is 0 Å². The fourth-order valence-electron chi connectivity index (χ4n) is 1.25. The summed E-state index contributed by atoms with van der Waals surface area (Å²) in [5.74, 6) is 0. The SMILES string of the molecule is C=CC(/C=C(/CC)CCNC)=C\C=C/C.CC. The Morgan fingerprint density at radius 3 is 2.35 bits per heavy atom. The Morgan fingerprint density at radius 1 is 1.29 bits per heavy atom. The topological polar surface area (TPSA) is 12.0 Å². The van der Waals surface area contributed by atoms with Gasteiger partial charge in [0.15, 0.2) is 0 Å². The number of allylic oxidation sites excluding steroid dienone is 6. The number of rotatable bonds is 7. The molecule has 1 N–H and O–H groups in total. The number of hydrogen-bond donors (Lipinski definition) is 1. The minimum Gasteiger partial charge on any atom is -0.319 e. The third-order valence-electron chi connectivity index (χ3n) is 2.24. The largest absolute Gasteiger partial charge is 0.319 e. The Hall–Kier alpha value is -1.08. The van der Waals surface area contributed by atoms with Gasteiger partial charge in [-0.05, 0) is 38.9 Å².